The topological polar surface area (TPSA) is 84.4 Å². The maximum absolute atomic E-state index is 14.3. The number of aromatic amines is 1. The molecule has 4 rings (SSSR count). The van der Waals surface area contributed by atoms with E-state index in [1.165, 1.54) is 18.2 Å². The Bertz CT molecular complexity index is 1090. The lowest BCUT2D eigenvalue weighted by Crippen LogP contribution is -2.11. The third-order valence-electron chi connectivity index (χ3n) is 3.91. The van der Waals surface area contributed by atoms with Gasteiger partial charge in [0, 0.05) is 12.1 Å². The van der Waals surface area contributed by atoms with E-state index in [9.17, 15) is 18.7 Å². The predicted octanol–water partition coefficient (Wildman–Crippen LogP) is 3.66. The summed E-state index contributed by atoms with van der Waals surface area (Å²) in [4.78, 5) is 18.6. The summed E-state index contributed by atoms with van der Waals surface area (Å²) in [7, 11) is 0. The first kappa shape index (κ1) is 16.1. The zero-order valence-electron chi connectivity index (χ0n) is 13.5. The van der Waals surface area contributed by atoms with Gasteiger partial charge in [-0.15, -0.1) is 0 Å². The number of ether oxygens (including phenoxy) is 2. The fraction of sp³-hybridized carbons (Fsp3) is 0.111. The molecule has 1 aromatic heterocycles. The van der Waals surface area contributed by atoms with Crippen molar-refractivity contribution in [3.8, 4) is 11.5 Å². The third kappa shape index (κ3) is 2.65. The molecule has 0 spiro atoms. The number of carboxylic acids is 1. The lowest BCUT2D eigenvalue weighted by atomic mass is 10.1. The minimum atomic E-state index is -1.14. The summed E-state index contributed by atoms with van der Waals surface area (Å²) in [5.41, 5.74) is 0.844. The maximum atomic E-state index is 14.3. The van der Waals surface area contributed by atoms with Crippen LogP contribution < -0.4 is 9.47 Å². The fourth-order valence-electron chi connectivity index (χ4n) is 2.83. The van der Waals surface area contributed by atoms with Crippen molar-refractivity contribution in [2.75, 3.05) is 6.61 Å². The number of hydrogen-bond donors (Lipinski definition) is 2. The molecule has 3 aromatic rings. The minimum Gasteiger partial charge on any atom is -0.488 e. The molecule has 0 bridgehead atoms. The van der Waals surface area contributed by atoms with Gasteiger partial charge in [-0.05, 0) is 25.1 Å². The number of nitrogens with zero attached hydrogens (tertiary/aromatic N) is 1. The first-order valence-electron chi connectivity index (χ1n) is 7.66. The second-order valence-electron chi connectivity index (χ2n) is 5.74. The van der Waals surface area contributed by atoms with Crippen LogP contribution in [0.3, 0.4) is 0 Å². The Balaban J connectivity index is 1.84. The molecule has 2 N–H and O–H groups in total. The van der Waals surface area contributed by atoms with Crippen molar-refractivity contribution in [3.05, 3.63) is 58.9 Å². The van der Waals surface area contributed by atoms with E-state index in [0.29, 0.717) is 16.9 Å². The number of H-pyrrole nitrogens is 1. The molecule has 0 atom stereocenters. The van der Waals surface area contributed by atoms with Gasteiger partial charge < -0.3 is 19.6 Å². The SMILES string of the molecule is Cc1nc2c(OC3=CCOc4cc(F)cc(F)c43)cc(C(=O)O)cc2[nH]1. The summed E-state index contributed by atoms with van der Waals surface area (Å²) >= 11 is 0. The molecule has 0 amide bonds. The van der Waals surface area contributed by atoms with E-state index in [-0.39, 0.29) is 35.0 Å². The van der Waals surface area contributed by atoms with Gasteiger partial charge in [0.05, 0.1) is 16.6 Å². The summed E-state index contributed by atoms with van der Waals surface area (Å²) < 4.78 is 38.7. The highest BCUT2D eigenvalue weighted by Crippen LogP contribution is 2.36. The smallest absolute Gasteiger partial charge is 0.335 e. The van der Waals surface area contributed by atoms with E-state index >= 15 is 0 Å². The Morgan fingerprint density at radius 1 is 1.31 bits per heavy atom. The molecule has 1 aliphatic rings. The normalized spacial score (nSPS) is 13.1. The number of carbonyl (C=O) groups is 1. The fourth-order valence-corrected chi connectivity index (χ4v) is 2.83. The van der Waals surface area contributed by atoms with Crippen molar-refractivity contribution in [1.82, 2.24) is 9.97 Å². The van der Waals surface area contributed by atoms with Crippen LogP contribution in [0.2, 0.25) is 0 Å². The number of aryl methyl sites for hydroxylation is 1. The van der Waals surface area contributed by atoms with Gasteiger partial charge in [0.2, 0.25) is 0 Å². The van der Waals surface area contributed by atoms with Crippen LogP contribution in [0.15, 0.2) is 30.3 Å². The lowest BCUT2D eigenvalue weighted by molar-refractivity contribution is 0.0696. The number of fused-ring (bicyclic) bond motifs is 2. The van der Waals surface area contributed by atoms with E-state index in [2.05, 4.69) is 9.97 Å². The van der Waals surface area contributed by atoms with Crippen molar-refractivity contribution in [2.24, 2.45) is 0 Å². The van der Waals surface area contributed by atoms with Crippen LogP contribution in [0.5, 0.6) is 11.5 Å². The summed E-state index contributed by atoms with van der Waals surface area (Å²) in [6, 6.07) is 4.54. The minimum absolute atomic E-state index is 0.0105. The molecule has 0 saturated carbocycles. The molecule has 8 heteroatoms. The molecule has 0 saturated heterocycles. The van der Waals surface area contributed by atoms with E-state index in [1.807, 2.05) is 0 Å². The average Bonchev–Trinajstić information content (AvgIpc) is 2.94. The Kier molecular flexibility index (Phi) is 3.61. The highest BCUT2D eigenvalue weighted by Gasteiger charge is 2.23. The summed E-state index contributed by atoms with van der Waals surface area (Å²) in [6.45, 7) is 1.78. The third-order valence-corrected chi connectivity index (χ3v) is 3.91. The molecule has 132 valence electrons. The molecule has 0 fully saturated rings. The Labute approximate surface area is 145 Å². The van der Waals surface area contributed by atoms with Gasteiger partial charge in [0.25, 0.3) is 0 Å². The molecule has 0 unspecified atom stereocenters. The number of nitrogens with one attached hydrogen (secondary N) is 1. The van der Waals surface area contributed by atoms with E-state index < -0.39 is 17.6 Å². The van der Waals surface area contributed by atoms with Crippen molar-refractivity contribution in [2.45, 2.75) is 6.92 Å². The van der Waals surface area contributed by atoms with Crippen LogP contribution >= 0.6 is 0 Å². The van der Waals surface area contributed by atoms with Crippen molar-refractivity contribution in [3.63, 3.8) is 0 Å². The second-order valence-corrected chi connectivity index (χ2v) is 5.74. The van der Waals surface area contributed by atoms with Crippen LogP contribution in [-0.2, 0) is 0 Å². The molecule has 0 radical (unpaired) electrons. The van der Waals surface area contributed by atoms with Gasteiger partial charge >= 0.3 is 5.97 Å². The van der Waals surface area contributed by atoms with Crippen LogP contribution in [-0.4, -0.2) is 27.7 Å². The predicted molar refractivity (Wildman–Crippen MR) is 88.2 cm³/mol. The van der Waals surface area contributed by atoms with E-state index in [0.717, 1.165) is 12.1 Å². The van der Waals surface area contributed by atoms with Gasteiger partial charge in [0.15, 0.2) is 5.75 Å². The molecule has 26 heavy (non-hydrogen) atoms. The van der Waals surface area contributed by atoms with Crippen molar-refractivity contribution >= 4 is 22.8 Å². The number of carboxylic acid groups (broad SMARTS) is 1. The van der Waals surface area contributed by atoms with E-state index in [4.69, 9.17) is 9.47 Å². The molecular formula is C18H12F2N2O4. The monoisotopic (exact) mass is 358 g/mol. The lowest BCUT2D eigenvalue weighted by Gasteiger charge is -2.20. The summed E-state index contributed by atoms with van der Waals surface area (Å²) in [6.07, 6.45) is 1.49. The number of aromatic nitrogens is 2. The standard InChI is InChI=1S/C18H12F2N2O4/c1-8-21-12-4-9(18(23)24)5-15(17(12)22-8)26-13-2-3-25-14-7-10(19)6-11(20)16(13)14/h2,4-7H,3H2,1H3,(H,21,22)(H,23,24). The molecule has 6 nitrogen and oxygen atoms in total. The molecule has 0 aliphatic carbocycles. The Morgan fingerprint density at radius 3 is 2.88 bits per heavy atom. The van der Waals surface area contributed by atoms with Crippen LogP contribution in [0.1, 0.15) is 21.7 Å². The number of hydrogen-bond acceptors (Lipinski definition) is 4. The average molecular weight is 358 g/mol. The summed E-state index contributed by atoms with van der Waals surface area (Å²) in [5, 5.41) is 9.29. The number of imidazole rings is 1. The first-order valence-corrected chi connectivity index (χ1v) is 7.66. The number of halogens is 2. The van der Waals surface area contributed by atoms with Gasteiger partial charge in [0.1, 0.15) is 41.1 Å². The van der Waals surface area contributed by atoms with Gasteiger partial charge in [-0.2, -0.15) is 0 Å². The molecule has 2 aromatic carbocycles. The largest absolute Gasteiger partial charge is 0.488 e. The van der Waals surface area contributed by atoms with E-state index in [1.54, 1.807) is 6.92 Å². The van der Waals surface area contributed by atoms with Crippen LogP contribution in [0, 0.1) is 18.6 Å². The highest BCUT2D eigenvalue weighted by atomic mass is 19.1. The number of benzene rings is 2. The van der Waals surface area contributed by atoms with Gasteiger partial charge in [-0.3, -0.25) is 0 Å². The second kappa shape index (κ2) is 5.83. The zero-order valence-corrected chi connectivity index (χ0v) is 13.5. The van der Waals surface area contributed by atoms with Crippen molar-refractivity contribution < 1.29 is 28.2 Å². The van der Waals surface area contributed by atoms with Gasteiger partial charge in [-0.1, -0.05) is 0 Å². The quantitative estimate of drug-likeness (QED) is 0.746. The van der Waals surface area contributed by atoms with Crippen LogP contribution in [0.4, 0.5) is 8.78 Å². The number of rotatable bonds is 3. The molecule has 2 heterocycles. The Hall–Kier alpha value is -3.42. The van der Waals surface area contributed by atoms with Gasteiger partial charge in [-0.25, -0.2) is 18.6 Å². The summed E-state index contributed by atoms with van der Waals surface area (Å²) in [5.74, 6) is -1.90. The number of aromatic carboxylic acids is 1. The molecular weight excluding hydrogens is 346 g/mol. The molecule has 1 aliphatic heterocycles. The highest BCUT2D eigenvalue weighted by molar-refractivity contribution is 5.95. The zero-order chi connectivity index (χ0) is 18.4. The van der Waals surface area contributed by atoms with Crippen molar-refractivity contribution in [1.29, 1.82) is 0 Å². The first-order chi connectivity index (χ1) is 12.4. The van der Waals surface area contributed by atoms with Crippen LogP contribution in [0.25, 0.3) is 16.8 Å². The maximum Gasteiger partial charge on any atom is 0.335 e. The Morgan fingerprint density at radius 2 is 2.12 bits per heavy atom.